The van der Waals surface area contributed by atoms with Crippen LogP contribution in [-0.2, 0) is 17.9 Å². The second kappa shape index (κ2) is 9.98. The first-order valence-corrected chi connectivity index (χ1v) is 10.8. The maximum Gasteiger partial charge on any atom is 0.230 e. The summed E-state index contributed by atoms with van der Waals surface area (Å²) >= 11 is 7.43. The van der Waals surface area contributed by atoms with E-state index in [0.717, 1.165) is 24.2 Å². The molecule has 1 aromatic carbocycles. The zero-order valence-electron chi connectivity index (χ0n) is 16.0. The summed E-state index contributed by atoms with van der Waals surface area (Å²) in [6.45, 7) is 6.56. The molecule has 1 N–H and O–H groups in total. The largest absolute Gasteiger partial charge is 0.486 e. The molecule has 1 amide bonds. The number of nitrogens with zero attached hydrogens (tertiary/aromatic N) is 3. The van der Waals surface area contributed by atoms with E-state index in [1.807, 2.05) is 29.7 Å². The van der Waals surface area contributed by atoms with Gasteiger partial charge < -0.3 is 10.1 Å². The molecule has 1 aliphatic carbocycles. The van der Waals surface area contributed by atoms with Crippen LogP contribution in [0.15, 0.2) is 36.0 Å². The molecule has 0 unspecified atom stereocenters. The van der Waals surface area contributed by atoms with Crippen molar-refractivity contribution in [2.45, 2.75) is 57.0 Å². The van der Waals surface area contributed by atoms with E-state index in [4.69, 9.17) is 16.3 Å². The maximum atomic E-state index is 12.2. The summed E-state index contributed by atoms with van der Waals surface area (Å²) in [5, 5.41) is 12.9. The molecule has 0 atom stereocenters. The maximum absolute atomic E-state index is 12.2. The number of aromatic nitrogens is 3. The predicted octanol–water partition coefficient (Wildman–Crippen LogP) is 4.16. The second-order valence-corrected chi connectivity index (χ2v) is 8.19. The summed E-state index contributed by atoms with van der Waals surface area (Å²) in [7, 11) is 0. The van der Waals surface area contributed by atoms with Crippen LogP contribution in [0, 0.1) is 6.92 Å². The number of allylic oxidation sites excluding steroid dienone is 1. The lowest BCUT2D eigenvalue weighted by Gasteiger charge is -2.12. The van der Waals surface area contributed by atoms with Crippen LogP contribution in [0.5, 0.6) is 5.75 Å². The molecule has 0 spiro atoms. The van der Waals surface area contributed by atoms with Gasteiger partial charge in [0.2, 0.25) is 5.91 Å². The summed E-state index contributed by atoms with van der Waals surface area (Å²) in [5.74, 6) is 1.77. The van der Waals surface area contributed by atoms with Gasteiger partial charge in [-0.2, -0.15) is 0 Å². The Morgan fingerprint density at radius 3 is 2.93 bits per heavy atom. The van der Waals surface area contributed by atoms with Gasteiger partial charge in [0.1, 0.15) is 12.4 Å². The molecule has 1 aliphatic rings. The molecule has 2 aromatic rings. The van der Waals surface area contributed by atoms with Gasteiger partial charge >= 0.3 is 0 Å². The van der Waals surface area contributed by atoms with Gasteiger partial charge in [-0.15, -0.1) is 16.8 Å². The number of carbonyl (C=O) groups is 1. The van der Waals surface area contributed by atoms with Gasteiger partial charge in [0.25, 0.3) is 0 Å². The summed E-state index contributed by atoms with van der Waals surface area (Å²) in [4.78, 5) is 12.2. The number of amides is 1. The molecule has 1 saturated carbocycles. The third kappa shape index (κ3) is 5.52. The SMILES string of the molecule is C=CCn1c(COc2ccc(Cl)c(C)c2)nnc1SCC(=O)NC1CCCC1. The lowest BCUT2D eigenvalue weighted by molar-refractivity contribution is -0.119. The zero-order valence-corrected chi connectivity index (χ0v) is 17.6. The molecular formula is C20H25ClN4O2S. The Morgan fingerprint density at radius 2 is 2.21 bits per heavy atom. The molecule has 150 valence electrons. The Bertz CT molecular complexity index is 834. The quantitative estimate of drug-likeness (QED) is 0.487. The van der Waals surface area contributed by atoms with Crippen molar-refractivity contribution in [3.05, 3.63) is 47.3 Å². The molecule has 0 bridgehead atoms. The molecule has 0 aliphatic heterocycles. The van der Waals surface area contributed by atoms with E-state index in [-0.39, 0.29) is 12.5 Å². The minimum Gasteiger partial charge on any atom is -0.486 e. The first-order chi connectivity index (χ1) is 13.6. The number of hydrogen-bond donors (Lipinski definition) is 1. The molecular weight excluding hydrogens is 396 g/mol. The summed E-state index contributed by atoms with van der Waals surface area (Å²) < 4.78 is 7.76. The van der Waals surface area contributed by atoms with E-state index in [2.05, 4.69) is 22.1 Å². The number of nitrogens with one attached hydrogen (secondary N) is 1. The lowest BCUT2D eigenvalue weighted by Crippen LogP contribution is -2.33. The molecule has 8 heteroatoms. The number of benzene rings is 1. The van der Waals surface area contributed by atoms with Gasteiger partial charge in [-0.05, 0) is 43.5 Å². The monoisotopic (exact) mass is 420 g/mol. The number of thioether (sulfide) groups is 1. The molecule has 1 aromatic heterocycles. The van der Waals surface area contributed by atoms with Crippen molar-refractivity contribution in [1.82, 2.24) is 20.1 Å². The Labute approximate surface area is 174 Å². The fraction of sp³-hybridized carbons (Fsp3) is 0.450. The molecule has 28 heavy (non-hydrogen) atoms. The van der Waals surface area contributed by atoms with Gasteiger partial charge in [0, 0.05) is 17.6 Å². The summed E-state index contributed by atoms with van der Waals surface area (Å²) in [6.07, 6.45) is 6.33. The first-order valence-electron chi connectivity index (χ1n) is 9.41. The normalized spacial score (nSPS) is 14.2. The first kappa shape index (κ1) is 20.7. The number of ether oxygens (including phenoxy) is 1. The van der Waals surface area contributed by atoms with E-state index in [0.29, 0.717) is 34.3 Å². The van der Waals surface area contributed by atoms with Crippen LogP contribution >= 0.6 is 23.4 Å². The van der Waals surface area contributed by atoms with Crippen LogP contribution in [-0.4, -0.2) is 32.5 Å². The molecule has 6 nitrogen and oxygen atoms in total. The fourth-order valence-corrected chi connectivity index (χ4v) is 4.06. The lowest BCUT2D eigenvalue weighted by atomic mass is 10.2. The van der Waals surface area contributed by atoms with Crippen LogP contribution in [0.1, 0.15) is 37.1 Å². The average Bonchev–Trinajstić information content (AvgIpc) is 3.31. The Hall–Kier alpha value is -1.99. The van der Waals surface area contributed by atoms with Crippen LogP contribution < -0.4 is 10.1 Å². The van der Waals surface area contributed by atoms with Crippen molar-refractivity contribution in [2.24, 2.45) is 0 Å². The minimum atomic E-state index is 0.0412. The molecule has 1 fully saturated rings. The third-order valence-corrected chi connectivity index (χ3v) is 6.05. The van der Waals surface area contributed by atoms with Crippen molar-refractivity contribution in [3.8, 4) is 5.75 Å². The van der Waals surface area contributed by atoms with Crippen molar-refractivity contribution < 1.29 is 9.53 Å². The highest BCUT2D eigenvalue weighted by molar-refractivity contribution is 7.99. The van der Waals surface area contributed by atoms with E-state index >= 15 is 0 Å². The van der Waals surface area contributed by atoms with Gasteiger partial charge in [0.15, 0.2) is 11.0 Å². The molecule has 0 radical (unpaired) electrons. The number of carbonyl (C=O) groups excluding carboxylic acids is 1. The smallest absolute Gasteiger partial charge is 0.230 e. The highest BCUT2D eigenvalue weighted by atomic mass is 35.5. The van der Waals surface area contributed by atoms with Crippen molar-refractivity contribution in [2.75, 3.05) is 5.75 Å². The van der Waals surface area contributed by atoms with E-state index < -0.39 is 0 Å². The van der Waals surface area contributed by atoms with Crippen molar-refractivity contribution in [3.63, 3.8) is 0 Å². The minimum absolute atomic E-state index is 0.0412. The van der Waals surface area contributed by atoms with Gasteiger partial charge in [0.05, 0.1) is 5.75 Å². The van der Waals surface area contributed by atoms with Crippen molar-refractivity contribution in [1.29, 1.82) is 0 Å². The zero-order chi connectivity index (χ0) is 19.9. The van der Waals surface area contributed by atoms with E-state index in [9.17, 15) is 4.79 Å². The molecule has 0 saturated heterocycles. The number of rotatable bonds is 9. The Balaban J connectivity index is 1.59. The fourth-order valence-electron chi connectivity index (χ4n) is 3.17. The van der Waals surface area contributed by atoms with Gasteiger partial charge in [-0.25, -0.2) is 0 Å². The number of halogens is 1. The van der Waals surface area contributed by atoms with Crippen LogP contribution in [0.2, 0.25) is 5.02 Å². The highest BCUT2D eigenvalue weighted by Gasteiger charge is 2.18. The van der Waals surface area contributed by atoms with Crippen molar-refractivity contribution >= 4 is 29.3 Å². The van der Waals surface area contributed by atoms with Crippen LogP contribution in [0.25, 0.3) is 0 Å². The van der Waals surface area contributed by atoms with E-state index in [1.54, 1.807) is 6.08 Å². The number of aryl methyl sites for hydroxylation is 1. The van der Waals surface area contributed by atoms with Gasteiger partial charge in [-0.1, -0.05) is 42.3 Å². The molecule has 3 rings (SSSR count). The van der Waals surface area contributed by atoms with Crippen LogP contribution in [0.3, 0.4) is 0 Å². The van der Waals surface area contributed by atoms with E-state index in [1.165, 1.54) is 24.6 Å². The predicted molar refractivity (Wildman–Crippen MR) is 112 cm³/mol. The topological polar surface area (TPSA) is 69.0 Å². The second-order valence-electron chi connectivity index (χ2n) is 6.84. The van der Waals surface area contributed by atoms with Crippen LogP contribution in [0.4, 0.5) is 0 Å². The highest BCUT2D eigenvalue weighted by Crippen LogP contribution is 2.23. The average molecular weight is 421 g/mol. The third-order valence-electron chi connectivity index (χ3n) is 4.66. The number of hydrogen-bond acceptors (Lipinski definition) is 5. The summed E-state index contributed by atoms with van der Waals surface area (Å²) in [6, 6.07) is 5.85. The molecule has 1 heterocycles. The van der Waals surface area contributed by atoms with Gasteiger partial charge in [-0.3, -0.25) is 9.36 Å². The standard InChI is InChI=1S/C20H25ClN4O2S/c1-3-10-25-18(12-27-16-8-9-17(21)14(2)11-16)23-24-20(25)28-13-19(26)22-15-6-4-5-7-15/h3,8-9,11,15H,1,4-7,10,12-13H2,2H3,(H,22,26). The summed E-state index contributed by atoms with van der Waals surface area (Å²) in [5.41, 5.74) is 0.955. The Morgan fingerprint density at radius 1 is 1.43 bits per heavy atom. The Kier molecular flexibility index (Phi) is 7.39.